The Balaban J connectivity index is 0.000000175. The highest BCUT2D eigenvalue weighted by Crippen LogP contribution is 2.43. The lowest BCUT2D eigenvalue weighted by molar-refractivity contribution is -0.139. The number of ether oxygens (including phenoxy) is 8. The van der Waals surface area contributed by atoms with Crippen molar-refractivity contribution in [2.75, 3.05) is 48.6 Å². The van der Waals surface area contributed by atoms with Gasteiger partial charge >= 0.3 is 23.9 Å². The third-order valence-electron chi connectivity index (χ3n) is 6.90. The summed E-state index contributed by atoms with van der Waals surface area (Å²) in [6.45, 7) is 0.976. The number of H-pyrrole nitrogens is 1. The van der Waals surface area contributed by atoms with E-state index in [0.717, 1.165) is 11.6 Å². The number of fused-ring (bicyclic) bond motifs is 2. The van der Waals surface area contributed by atoms with Crippen LogP contribution in [0.3, 0.4) is 0 Å². The Bertz CT molecular complexity index is 1640. The fraction of sp³-hybridized carbons (Fsp3) is 0.267. The molecule has 1 aromatic heterocycles. The summed E-state index contributed by atoms with van der Waals surface area (Å²) in [5, 5.41) is 0. The number of rotatable bonds is 7. The molecule has 230 valence electrons. The number of carbonyl (C=O) groups is 4. The molecule has 3 aromatic rings. The Hall–Kier alpha value is -5.66. The van der Waals surface area contributed by atoms with Crippen molar-refractivity contribution in [1.82, 2.24) is 9.88 Å². The maximum absolute atomic E-state index is 12.0. The number of nitrogens with zero attached hydrogens (tertiary/aromatic N) is 1. The summed E-state index contributed by atoms with van der Waals surface area (Å²) in [5.74, 6) is 0.142. The first kappa shape index (κ1) is 29.8. The van der Waals surface area contributed by atoms with Crippen molar-refractivity contribution in [3.8, 4) is 34.1 Å². The number of benzene rings is 2. The summed E-state index contributed by atoms with van der Waals surface area (Å²) < 4.78 is 39.9. The van der Waals surface area contributed by atoms with Crippen LogP contribution in [0.2, 0.25) is 0 Å². The number of nitrogens with one attached hydrogen (secondary N) is 1. The van der Waals surface area contributed by atoms with Crippen molar-refractivity contribution in [2.45, 2.75) is 6.04 Å². The van der Waals surface area contributed by atoms with Gasteiger partial charge in [-0.1, -0.05) is 12.1 Å². The molecule has 1 fully saturated rings. The summed E-state index contributed by atoms with van der Waals surface area (Å²) in [5.41, 5.74) is 2.53. The van der Waals surface area contributed by atoms with Crippen LogP contribution in [0.1, 0.15) is 32.5 Å². The lowest BCUT2D eigenvalue weighted by Crippen LogP contribution is -2.15. The van der Waals surface area contributed by atoms with E-state index in [1.807, 2.05) is 18.2 Å². The molecule has 3 aliphatic heterocycles. The molecule has 2 aromatic carbocycles. The molecular formula is C30H28N2O12. The van der Waals surface area contributed by atoms with Crippen LogP contribution in [0.25, 0.3) is 11.1 Å². The van der Waals surface area contributed by atoms with Crippen LogP contribution in [0.15, 0.2) is 54.4 Å². The van der Waals surface area contributed by atoms with Gasteiger partial charge in [-0.3, -0.25) is 0 Å². The van der Waals surface area contributed by atoms with Gasteiger partial charge in [-0.15, -0.1) is 0 Å². The molecule has 0 aliphatic carbocycles. The second-order valence-corrected chi connectivity index (χ2v) is 9.33. The predicted octanol–water partition coefficient (Wildman–Crippen LogP) is 2.99. The molecule has 4 heterocycles. The number of esters is 4. The van der Waals surface area contributed by atoms with E-state index in [9.17, 15) is 19.2 Å². The molecule has 14 heteroatoms. The van der Waals surface area contributed by atoms with Crippen LogP contribution in [0.4, 0.5) is 0 Å². The molecule has 0 radical (unpaired) electrons. The van der Waals surface area contributed by atoms with E-state index in [-0.39, 0.29) is 36.6 Å². The zero-order chi connectivity index (χ0) is 31.4. The van der Waals surface area contributed by atoms with Gasteiger partial charge in [-0.25, -0.2) is 19.2 Å². The fourth-order valence-corrected chi connectivity index (χ4v) is 4.64. The van der Waals surface area contributed by atoms with E-state index >= 15 is 0 Å². The zero-order valence-corrected chi connectivity index (χ0v) is 24.2. The van der Waals surface area contributed by atoms with E-state index in [1.165, 1.54) is 28.4 Å². The Morgan fingerprint density at radius 3 is 2.07 bits per heavy atom. The lowest BCUT2D eigenvalue weighted by Gasteiger charge is -2.09. The van der Waals surface area contributed by atoms with Gasteiger partial charge in [0, 0.05) is 18.3 Å². The molecule has 1 N–H and O–H groups in total. The molecular weight excluding hydrogens is 580 g/mol. The zero-order valence-electron chi connectivity index (χ0n) is 24.2. The van der Waals surface area contributed by atoms with Gasteiger partial charge in [0.2, 0.25) is 13.6 Å². The maximum Gasteiger partial charge on any atom is 0.355 e. The normalized spacial score (nSPS) is 15.5. The van der Waals surface area contributed by atoms with Crippen molar-refractivity contribution in [3.05, 3.63) is 71.2 Å². The van der Waals surface area contributed by atoms with Crippen LogP contribution in [-0.4, -0.2) is 82.3 Å². The average Bonchev–Trinajstić information content (AvgIpc) is 3.39. The minimum atomic E-state index is -0.646. The number of aromatic nitrogens is 1. The number of carbonyl (C=O) groups excluding carboxylic acids is 4. The molecule has 1 unspecified atom stereocenters. The second-order valence-electron chi connectivity index (χ2n) is 9.33. The van der Waals surface area contributed by atoms with Gasteiger partial charge in [0.25, 0.3) is 0 Å². The summed E-state index contributed by atoms with van der Waals surface area (Å²) in [7, 11) is 5.02. The van der Waals surface area contributed by atoms with Crippen LogP contribution in [0, 0.1) is 0 Å². The van der Waals surface area contributed by atoms with Crippen molar-refractivity contribution < 1.29 is 57.1 Å². The molecule has 0 amide bonds. The van der Waals surface area contributed by atoms with E-state index in [4.69, 9.17) is 28.4 Å². The smallest absolute Gasteiger partial charge is 0.355 e. The highest BCUT2D eigenvalue weighted by atomic mass is 16.7. The SMILES string of the molecule is COC(=O)C=C(C(=O)OC)N1CC1c1ccc2c(c1)OCO2.COC(=O)c1[nH]cc(-c2ccc3c(c2)OCO3)c1C(=O)OC. The molecule has 0 saturated carbocycles. The lowest BCUT2D eigenvalue weighted by atomic mass is 10.0. The molecule has 6 rings (SSSR count). The van der Waals surface area contributed by atoms with Gasteiger partial charge in [0.1, 0.15) is 11.4 Å². The molecule has 1 atom stereocenters. The summed E-state index contributed by atoms with van der Waals surface area (Å²) in [6.07, 6.45) is 2.69. The quantitative estimate of drug-likeness (QED) is 0.181. The van der Waals surface area contributed by atoms with Crippen molar-refractivity contribution >= 4 is 23.9 Å². The largest absolute Gasteiger partial charge is 0.466 e. The second kappa shape index (κ2) is 12.7. The maximum atomic E-state index is 12.0. The third kappa shape index (κ3) is 5.95. The average molecular weight is 609 g/mol. The first-order valence-electron chi connectivity index (χ1n) is 13.1. The first-order chi connectivity index (χ1) is 21.3. The number of hydrogen-bond acceptors (Lipinski definition) is 13. The van der Waals surface area contributed by atoms with Crippen molar-refractivity contribution in [2.24, 2.45) is 0 Å². The Morgan fingerprint density at radius 1 is 0.795 bits per heavy atom. The molecule has 3 aliphatic rings. The van der Waals surface area contributed by atoms with Crippen LogP contribution < -0.4 is 18.9 Å². The molecule has 1 saturated heterocycles. The molecule has 44 heavy (non-hydrogen) atoms. The minimum absolute atomic E-state index is 0.00972. The van der Waals surface area contributed by atoms with Crippen LogP contribution >= 0.6 is 0 Å². The number of methoxy groups -OCH3 is 4. The van der Waals surface area contributed by atoms with Crippen LogP contribution in [-0.2, 0) is 28.5 Å². The van der Waals surface area contributed by atoms with Gasteiger partial charge in [0.15, 0.2) is 23.0 Å². The highest BCUT2D eigenvalue weighted by Gasteiger charge is 2.41. The van der Waals surface area contributed by atoms with Gasteiger partial charge in [-0.2, -0.15) is 0 Å². The summed E-state index contributed by atoms with van der Waals surface area (Å²) >= 11 is 0. The van der Waals surface area contributed by atoms with Crippen LogP contribution in [0.5, 0.6) is 23.0 Å². The minimum Gasteiger partial charge on any atom is -0.466 e. The van der Waals surface area contributed by atoms with E-state index in [1.54, 1.807) is 29.3 Å². The third-order valence-corrected chi connectivity index (χ3v) is 6.90. The predicted molar refractivity (Wildman–Crippen MR) is 149 cm³/mol. The summed E-state index contributed by atoms with van der Waals surface area (Å²) in [4.78, 5) is 51.6. The molecule has 0 bridgehead atoms. The Labute approximate surface area is 250 Å². The first-order valence-corrected chi connectivity index (χ1v) is 13.1. The van der Waals surface area contributed by atoms with Gasteiger partial charge in [0.05, 0.1) is 46.1 Å². The Morgan fingerprint density at radius 2 is 1.43 bits per heavy atom. The van der Waals surface area contributed by atoms with Gasteiger partial charge < -0.3 is 47.8 Å². The van der Waals surface area contributed by atoms with Crippen molar-refractivity contribution in [1.29, 1.82) is 0 Å². The topological polar surface area (TPSA) is 161 Å². The number of aromatic amines is 1. The molecule has 0 spiro atoms. The van der Waals surface area contributed by atoms with E-state index in [2.05, 4.69) is 14.5 Å². The van der Waals surface area contributed by atoms with E-state index in [0.29, 0.717) is 40.7 Å². The standard InChI is InChI=1S/C15H15NO6.C15H13NO6/c1-19-14(17)6-10(15(18)20-2)16-7-11(16)9-3-4-12-13(5-9)22-8-21-12;1-19-14(17)12-9(6-16-13(12)15(18)20-2)8-3-4-10-11(5-8)22-7-21-10/h3-6,11H,7-8H2,1-2H3;3-6,16H,7H2,1-2H3. The fourth-order valence-electron chi connectivity index (χ4n) is 4.64. The number of hydrogen-bond donors (Lipinski definition) is 1. The van der Waals surface area contributed by atoms with Crippen molar-refractivity contribution in [3.63, 3.8) is 0 Å². The monoisotopic (exact) mass is 608 g/mol. The Kier molecular flexibility index (Phi) is 8.60. The van der Waals surface area contributed by atoms with E-state index < -0.39 is 23.9 Å². The molecule has 14 nitrogen and oxygen atoms in total. The van der Waals surface area contributed by atoms with Gasteiger partial charge in [-0.05, 0) is 35.4 Å². The highest BCUT2D eigenvalue weighted by molar-refractivity contribution is 6.07. The summed E-state index contributed by atoms with van der Waals surface area (Å²) in [6, 6.07) is 10.8.